The van der Waals surface area contributed by atoms with E-state index in [4.69, 9.17) is 0 Å². The summed E-state index contributed by atoms with van der Waals surface area (Å²) in [6, 6.07) is 7.26. The molecule has 1 saturated carbocycles. The molecule has 124 valence electrons. The van der Waals surface area contributed by atoms with Crippen LogP contribution in [0.5, 0.6) is 0 Å². The first-order valence-electron chi connectivity index (χ1n) is 9.25. The summed E-state index contributed by atoms with van der Waals surface area (Å²) >= 11 is 0. The van der Waals surface area contributed by atoms with Gasteiger partial charge in [-0.25, -0.2) is 0 Å². The van der Waals surface area contributed by atoms with Crippen LogP contribution >= 0.6 is 0 Å². The molecule has 3 atom stereocenters. The Hall–Kier alpha value is -1.35. The Morgan fingerprint density at radius 3 is 2.91 bits per heavy atom. The molecule has 3 nitrogen and oxygen atoms in total. The predicted octanol–water partition coefficient (Wildman–Crippen LogP) is 3.58. The zero-order valence-electron chi connectivity index (χ0n) is 14.3. The number of anilines is 1. The molecule has 0 radical (unpaired) electrons. The van der Waals surface area contributed by atoms with E-state index in [9.17, 15) is 4.79 Å². The number of likely N-dealkylation sites (tertiary alicyclic amines) is 1. The topological polar surface area (TPSA) is 32.3 Å². The highest BCUT2D eigenvalue weighted by Crippen LogP contribution is 2.51. The van der Waals surface area contributed by atoms with E-state index in [1.54, 1.807) is 0 Å². The Balaban J connectivity index is 1.71. The van der Waals surface area contributed by atoms with Crippen molar-refractivity contribution in [3.63, 3.8) is 0 Å². The molecule has 23 heavy (non-hydrogen) atoms. The van der Waals surface area contributed by atoms with Crippen LogP contribution in [0.4, 0.5) is 5.69 Å². The number of hydrogen-bond acceptors (Lipinski definition) is 2. The number of benzene rings is 1. The number of nitrogens with zero attached hydrogens (tertiary/aromatic N) is 1. The van der Waals surface area contributed by atoms with Crippen molar-refractivity contribution in [1.29, 1.82) is 0 Å². The minimum Gasteiger partial charge on any atom is -0.329 e. The lowest BCUT2D eigenvalue weighted by atomic mass is 9.56. The Labute approximate surface area is 139 Å². The number of amides is 1. The quantitative estimate of drug-likeness (QED) is 0.843. The van der Waals surface area contributed by atoms with Crippen LogP contribution in [-0.2, 0) is 16.6 Å². The number of carbonyl (C=O) groups is 1. The number of nitrogens with one attached hydrogen (secondary N) is 1. The lowest BCUT2D eigenvalue weighted by Gasteiger charge is -2.56. The molecule has 1 saturated heterocycles. The molecule has 3 heteroatoms. The predicted molar refractivity (Wildman–Crippen MR) is 93.7 cm³/mol. The van der Waals surface area contributed by atoms with Crippen LogP contribution in [0.1, 0.15) is 50.7 Å². The zero-order chi connectivity index (χ0) is 16.0. The van der Waals surface area contributed by atoms with Crippen molar-refractivity contribution in [1.82, 2.24) is 4.90 Å². The van der Waals surface area contributed by atoms with E-state index >= 15 is 0 Å². The fourth-order valence-electron chi connectivity index (χ4n) is 5.26. The molecule has 4 rings (SSSR count). The maximum absolute atomic E-state index is 10.8. The summed E-state index contributed by atoms with van der Waals surface area (Å²) in [4.78, 5) is 13.6. The highest BCUT2D eigenvalue weighted by Gasteiger charge is 2.50. The van der Waals surface area contributed by atoms with Crippen molar-refractivity contribution in [2.24, 2.45) is 11.8 Å². The number of carbonyl (C=O) groups excluding carboxylic acids is 1. The molecule has 1 N–H and O–H groups in total. The van der Waals surface area contributed by atoms with E-state index in [-0.39, 0.29) is 0 Å². The summed E-state index contributed by atoms with van der Waals surface area (Å²) < 4.78 is 0. The van der Waals surface area contributed by atoms with Crippen molar-refractivity contribution < 1.29 is 4.79 Å². The van der Waals surface area contributed by atoms with Crippen LogP contribution in [0.2, 0.25) is 0 Å². The summed E-state index contributed by atoms with van der Waals surface area (Å²) in [6.45, 7) is 7.37. The van der Waals surface area contributed by atoms with Gasteiger partial charge in [-0.2, -0.15) is 0 Å². The van der Waals surface area contributed by atoms with Gasteiger partial charge in [0.25, 0.3) is 0 Å². The Morgan fingerprint density at radius 2 is 2.22 bits per heavy atom. The lowest BCUT2D eigenvalue weighted by Crippen LogP contribution is -2.59. The molecular weight excluding hydrogens is 284 g/mol. The minimum atomic E-state index is 0.291. The molecule has 2 bridgehead atoms. The van der Waals surface area contributed by atoms with E-state index in [1.807, 2.05) is 0 Å². The van der Waals surface area contributed by atoms with Gasteiger partial charge in [-0.1, -0.05) is 19.9 Å². The van der Waals surface area contributed by atoms with Gasteiger partial charge in [0.1, 0.15) is 0 Å². The van der Waals surface area contributed by atoms with Crippen LogP contribution in [0.25, 0.3) is 0 Å². The second-order valence-electron chi connectivity index (χ2n) is 7.89. The van der Waals surface area contributed by atoms with Gasteiger partial charge in [0.15, 0.2) is 0 Å². The molecule has 1 aromatic rings. The van der Waals surface area contributed by atoms with Crippen molar-refractivity contribution in [2.45, 2.75) is 57.4 Å². The highest BCUT2D eigenvalue weighted by atomic mass is 16.1. The monoisotopic (exact) mass is 312 g/mol. The second kappa shape index (κ2) is 5.62. The third kappa shape index (κ3) is 2.40. The van der Waals surface area contributed by atoms with Gasteiger partial charge in [0, 0.05) is 23.7 Å². The highest BCUT2D eigenvalue weighted by molar-refractivity contribution is 5.72. The van der Waals surface area contributed by atoms with Gasteiger partial charge >= 0.3 is 0 Å². The summed E-state index contributed by atoms with van der Waals surface area (Å²) in [6.07, 6.45) is 7.28. The summed E-state index contributed by atoms with van der Waals surface area (Å²) in [7, 11) is 0. The molecule has 3 aliphatic rings. The van der Waals surface area contributed by atoms with Crippen molar-refractivity contribution >= 4 is 12.1 Å². The summed E-state index contributed by atoms with van der Waals surface area (Å²) in [5.74, 6) is 1.66. The molecule has 2 fully saturated rings. The standard InChI is InChI=1S/C20H28N2O/c1-3-20-8-9-22(12-15-4-5-15)19(14(20)2)10-16-6-7-17(21-13-23)11-18(16)20/h6-7,11,13-15,19H,3-5,8-10,12H2,1-2H3,(H,21,23)/t14?,19-,20-/m1/s1. The van der Waals surface area contributed by atoms with Gasteiger partial charge in [-0.15, -0.1) is 0 Å². The minimum absolute atomic E-state index is 0.291. The molecule has 2 aliphatic carbocycles. The van der Waals surface area contributed by atoms with Crippen LogP contribution < -0.4 is 5.32 Å². The van der Waals surface area contributed by atoms with Gasteiger partial charge in [-0.3, -0.25) is 9.69 Å². The molecule has 1 aromatic carbocycles. The second-order valence-corrected chi connectivity index (χ2v) is 7.89. The average Bonchev–Trinajstić information content (AvgIpc) is 3.36. The first kappa shape index (κ1) is 15.2. The van der Waals surface area contributed by atoms with E-state index in [2.05, 4.69) is 42.3 Å². The number of piperidine rings is 1. The SMILES string of the molecule is CC[C@]12CCN(CC3CC3)[C@H](Cc3ccc(NC=O)cc31)C2C. The van der Waals surface area contributed by atoms with Gasteiger partial charge in [-0.05, 0) is 73.7 Å². The molecule has 1 amide bonds. The van der Waals surface area contributed by atoms with Crippen LogP contribution in [0, 0.1) is 11.8 Å². The van der Waals surface area contributed by atoms with Crippen LogP contribution in [0.15, 0.2) is 18.2 Å². The molecule has 1 aliphatic heterocycles. The van der Waals surface area contributed by atoms with E-state index < -0.39 is 0 Å². The lowest BCUT2D eigenvalue weighted by molar-refractivity contribution is -0.105. The molecule has 1 unspecified atom stereocenters. The fraction of sp³-hybridized carbons (Fsp3) is 0.650. The number of rotatable bonds is 5. The van der Waals surface area contributed by atoms with E-state index in [0.717, 1.165) is 18.0 Å². The number of fused-ring (bicyclic) bond motifs is 4. The largest absolute Gasteiger partial charge is 0.329 e. The normalized spacial score (nSPS) is 33.1. The Bertz CT molecular complexity index is 610. The third-order valence-corrected chi connectivity index (χ3v) is 6.88. The smallest absolute Gasteiger partial charge is 0.211 e. The average molecular weight is 312 g/mol. The van der Waals surface area contributed by atoms with Crippen LogP contribution in [-0.4, -0.2) is 30.4 Å². The van der Waals surface area contributed by atoms with Gasteiger partial charge in [0.2, 0.25) is 6.41 Å². The third-order valence-electron chi connectivity index (χ3n) is 6.88. The van der Waals surface area contributed by atoms with Crippen molar-refractivity contribution in [2.75, 3.05) is 18.4 Å². The summed E-state index contributed by atoms with van der Waals surface area (Å²) in [5, 5.41) is 2.84. The Morgan fingerprint density at radius 1 is 1.39 bits per heavy atom. The zero-order valence-corrected chi connectivity index (χ0v) is 14.3. The Kier molecular flexibility index (Phi) is 3.72. The van der Waals surface area contributed by atoms with Gasteiger partial charge < -0.3 is 5.32 Å². The van der Waals surface area contributed by atoms with Crippen molar-refractivity contribution in [3.05, 3.63) is 29.3 Å². The number of hydrogen-bond donors (Lipinski definition) is 1. The molecule has 0 spiro atoms. The fourth-order valence-corrected chi connectivity index (χ4v) is 5.26. The molecular formula is C20H28N2O. The van der Waals surface area contributed by atoms with E-state index in [1.165, 1.54) is 56.3 Å². The molecule has 0 aromatic heterocycles. The van der Waals surface area contributed by atoms with Gasteiger partial charge in [0.05, 0.1) is 0 Å². The first-order chi connectivity index (χ1) is 11.2. The maximum Gasteiger partial charge on any atom is 0.211 e. The molecule has 1 heterocycles. The van der Waals surface area contributed by atoms with Crippen LogP contribution in [0.3, 0.4) is 0 Å². The van der Waals surface area contributed by atoms with E-state index in [0.29, 0.717) is 17.4 Å². The summed E-state index contributed by atoms with van der Waals surface area (Å²) in [5.41, 5.74) is 4.24. The maximum atomic E-state index is 10.8. The van der Waals surface area contributed by atoms with Crippen molar-refractivity contribution in [3.8, 4) is 0 Å². The first-order valence-corrected chi connectivity index (χ1v) is 9.25.